The first-order valence-electron chi connectivity index (χ1n) is 8.66. The molecule has 26 heavy (non-hydrogen) atoms. The lowest BCUT2D eigenvalue weighted by atomic mass is 10.0. The van der Waals surface area contributed by atoms with Crippen LogP contribution < -0.4 is 10.6 Å². The predicted octanol–water partition coefficient (Wildman–Crippen LogP) is 3.87. The van der Waals surface area contributed by atoms with Gasteiger partial charge in [-0.05, 0) is 45.2 Å². The van der Waals surface area contributed by atoms with Gasteiger partial charge in [0.2, 0.25) is 0 Å². The predicted molar refractivity (Wildman–Crippen MR) is 97.5 cm³/mol. The Morgan fingerprint density at radius 3 is 2.96 bits per heavy atom. The van der Waals surface area contributed by atoms with Gasteiger partial charge in [0.25, 0.3) is 5.82 Å². The Hall–Kier alpha value is -3.08. The Bertz CT molecular complexity index is 793. The van der Waals surface area contributed by atoms with Crippen LogP contribution >= 0.6 is 0 Å². The summed E-state index contributed by atoms with van der Waals surface area (Å²) in [5, 5.41) is 13.2. The molecule has 2 atom stereocenters. The van der Waals surface area contributed by atoms with E-state index in [1.165, 1.54) is 0 Å². The van der Waals surface area contributed by atoms with E-state index in [4.69, 9.17) is 11.3 Å². The molecular weight excluding hydrogens is 332 g/mol. The van der Waals surface area contributed by atoms with Gasteiger partial charge in [-0.1, -0.05) is 6.57 Å². The minimum Gasteiger partial charge on any atom is -0.446 e. The Morgan fingerprint density at radius 1 is 1.42 bits per heavy atom. The monoisotopic (exact) mass is 354 g/mol. The molecule has 3 N–H and O–H groups in total. The third-order valence-corrected chi connectivity index (χ3v) is 4.24. The van der Waals surface area contributed by atoms with Gasteiger partial charge in [-0.15, -0.1) is 4.98 Å². The molecule has 8 nitrogen and oxygen atoms in total. The number of ether oxygens (including phenoxy) is 1. The molecule has 0 aliphatic heterocycles. The minimum atomic E-state index is -0.354. The largest absolute Gasteiger partial charge is 0.446 e. The number of nitrogens with zero attached hydrogens (tertiary/aromatic N) is 3. The first-order valence-corrected chi connectivity index (χ1v) is 8.66. The van der Waals surface area contributed by atoms with E-state index in [1.807, 2.05) is 19.9 Å². The second-order valence-corrected chi connectivity index (χ2v) is 6.69. The first-order chi connectivity index (χ1) is 12.5. The van der Waals surface area contributed by atoms with Crippen molar-refractivity contribution in [1.82, 2.24) is 20.5 Å². The highest BCUT2D eigenvalue weighted by atomic mass is 16.6. The number of hydrogen-bond donors (Lipinski definition) is 3. The standard InChI is InChI=1S/C18H22N6O2/c1-11(2)21-18(25)26-14-6-4-12(8-14)15-9-17(24-23-15)22-13-5-7-16(19-3)20-10-13/h5,7,9-12,14H,4,6,8H2,1-2H3,(H,21,25)(H2,22,23,24)/t12-,14+/m1/s1. The molecule has 2 aromatic heterocycles. The number of hydrogen-bond acceptors (Lipinski definition) is 5. The van der Waals surface area contributed by atoms with Crippen LogP contribution in [0, 0.1) is 6.57 Å². The molecule has 1 saturated carbocycles. The third-order valence-electron chi connectivity index (χ3n) is 4.24. The zero-order valence-electron chi connectivity index (χ0n) is 14.8. The number of pyridine rings is 1. The lowest BCUT2D eigenvalue weighted by Gasteiger charge is -2.14. The molecule has 1 aliphatic carbocycles. The van der Waals surface area contributed by atoms with Crippen molar-refractivity contribution >= 4 is 23.4 Å². The molecule has 0 bridgehead atoms. The molecule has 3 rings (SSSR count). The highest BCUT2D eigenvalue weighted by Crippen LogP contribution is 2.36. The Balaban J connectivity index is 1.55. The van der Waals surface area contributed by atoms with Crippen molar-refractivity contribution < 1.29 is 9.53 Å². The molecule has 0 unspecified atom stereocenters. The molecule has 0 saturated heterocycles. The number of amides is 1. The van der Waals surface area contributed by atoms with Gasteiger partial charge in [0.05, 0.1) is 5.69 Å². The maximum atomic E-state index is 11.7. The average molecular weight is 354 g/mol. The molecule has 1 amide bonds. The summed E-state index contributed by atoms with van der Waals surface area (Å²) in [6, 6.07) is 5.48. The van der Waals surface area contributed by atoms with Gasteiger partial charge in [0.15, 0.2) is 5.82 Å². The van der Waals surface area contributed by atoms with Crippen LogP contribution in [0.3, 0.4) is 0 Å². The summed E-state index contributed by atoms with van der Waals surface area (Å²) in [5.74, 6) is 1.34. The fourth-order valence-corrected chi connectivity index (χ4v) is 3.03. The number of anilines is 2. The SMILES string of the molecule is [C-]#[N+]c1ccc(Nc2cc([C@@H]3CC[C@H](OC(=O)NC(C)C)C3)[nH]n2)cn1. The molecule has 0 aromatic carbocycles. The van der Waals surface area contributed by atoms with Crippen LogP contribution in [0.25, 0.3) is 4.85 Å². The molecule has 8 heteroatoms. The van der Waals surface area contributed by atoms with Crippen LogP contribution in [0.2, 0.25) is 0 Å². The Kier molecular flexibility index (Phi) is 5.37. The summed E-state index contributed by atoms with van der Waals surface area (Å²) in [4.78, 5) is 19.0. The zero-order valence-corrected chi connectivity index (χ0v) is 14.8. The van der Waals surface area contributed by atoms with E-state index in [0.717, 1.165) is 30.6 Å². The maximum Gasteiger partial charge on any atom is 0.407 e. The molecule has 0 spiro atoms. The average Bonchev–Trinajstić information content (AvgIpc) is 3.24. The molecular formula is C18H22N6O2. The van der Waals surface area contributed by atoms with E-state index < -0.39 is 0 Å². The molecule has 1 aliphatic rings. The van der Waals surface area contributed by atoms with Gasteiger partial charge in [0, 0.05) is 23.7 Å². The number of aromatic nitrogens is 3. The summed E-state index contributed by atoms with van der Waals surface area (Å²) in [6.45, 7) is 10.7. The number of nitrogens with one attached hydrogen (secondary N) is 3. The summed E-state index contributed by atoms with van der Waals surface area (Å²) in [5.41, 5.74) is 1.79. The van der Waals surface area contributed by atoms with E-state index in [0.29, 0.717) is 11.6 Å². The summed E-state index contributed by atoms with van der Waals surface area (Å²) < 4.78 is 5.47. The van der Waals surface area contributed by atoms with Crippen molar-refractivity contribution in [3.05, 3.63) is 41.5 Å². The van der Waals surface area contributed by atoms with Gasteiger partial charge in [-0.2, -0.15) is 5.10 Å². The molecule has 0 radical (unpaired) electrons. The van der Waals surface area contributed by atoms with Crippen LogP contribution in [0.1, 0.15) is 44.7 Å². The molecule has 1 fully saturated rings. The summed E-state index contributed by atoms with van der Waals surface area (Å²) in [7, 11) is 0. The number of carbonyl (C=O) groups is 1. The second kappa shape index (κ2) is 7.87. The topological polar surface area (TPSA) is 96.3 Å². The zero-order chi connectivity index (χ0) is 18.5. The van der Waals surface area contributed by atoms with Crippen molar-refractivity contribution in [1.29, 1.82) is 0 Å². The first kappa shape index (κ1) is 17.7. The van der Waals surface area contributed by atoms with Gasteiger partial charge in [0.1, 0.15) is 12.3 Å². The van der Waals surface area contributed by atoms with E-state index in [2.05, 4.69) is 30.7 Å². The maximum absolute atomic E-state index is 11.7. The number of aromatic amines is 1. The van der Waals surface area contributed by atoms with Gasteiger partial charge in [-0.3, -0.25) is 5.10 Å². The number of alkyl carbamates (subject to hydrolysis) is 1. The van der Waals surface area contributed by atoms with Crippen molar-refractivity contribution in [2.75, 3.05) is 5.32 Å². The van der Waals surface area contributed by atoms with E-state index in [1.54, 1.807) is 18.3 Å². The van der Waals surface area contributed by atoms with Gasteiger partial charge >= 0.3 is 6.09 Å². The van der Waals surface area contributed by atoms with Crippen LogP contribution in [0.5, 0.6) is 0 Å². The fraction of sp³-hybridized carbons (Fsp3) is 0.444. The minimum absolute atomic E-state index is 0.0659. The highest BCUT2D eigenvalue weighted by Gasteiger charge is 2.30. The van der Waals surface area contributed by atoms with Crippen molar-refractivity contribution in [3.63, 3.8) is 0 Å². The van der Waals surface area contributed by atoms with E-state index in [-0.39, 0.29) is 24.2 Å². The van der Waals surface area contributed by atoms with Crippen molar-refractivity contribution in [2.45, 2.75) is 51.2 Å². The lowest BCUT2D eigenvalue weighted by molar-refractivity contribution is 0.0981. The van der Waals surface area contributed by atoms with Crippen LogP contribution in [0.15, 0.2) is 24.4 Å². The number of carbonyl (C=O) groups excluding carboxylic acids is 1. The van der Waals surface area contributed by atoms with Crippen LogP contribution in [-0.2, 0) is 4.74 Å². The van der Waals surface area contributed by atoms with E-state index in [9.17, 15) is 4.79 Å². The summed E-state index contributed by atoms with van der Waals surface area (Å²) >= 11 is 0. The smallest absolute Gasteiger partial charge is 0.407 e. The molecule has 2 heterocycles. The number of H-pyrrole nitrogens is 1. The normalized spacial score (nSPS) is 19.2. The van der Waals surface area contributed by atoms with E-state index >= 15 is 0 Å². The third kappa shape index (κ3) is 4.51. The van der Waals surface area contributed by atoms with Crippen molar-refractivity contribution in [2.24, 2.45) is 0 Å². The van der Waals surface area contributed by atoms with Crippen molar-refractivity contribution in [3.8, 4) is 0 Å². The highest BCUT2D eigenvalue weighted by molar-refractivity contribution is 5.67. The molecule has 2 aromatic rings. The van der Waals surface area contributed by atoms with Crippen LogP contribution in [0.4, 0.5) is 22.1 Å². The van der Waals surface area contributed by atoms with Gasteiger partial charge < -0.3 is 20.2 Å². The van der Waals surface area contributed by atoms with Crippen LogP contribution in [-0.4, -0.2) is 33.4 Å². The Labute approximate surface area is 152 Å². The lowest BCUT2D eigenvalue weighted by Crippen LogP contribution is -2.33. The summed E-state index contributed by atoms with van der Waals surface area (Å²) in [6.07, 6.45) is 3.77. The Morgan fingerprint density at radius 2 is 2.27 bits per heavy atom. The fourth-order valence-electron chi connectivity index (χ4n) is 3.03. The van der Waals surface area contributed by atoms with Gasteiger partial charge in [-0.25, -0.2) is 4.79 Å². The quantitative estimate of drug-likeness (QED) is 0.708. The number of rotatable bonds is 5. The molecule has 136 valence electrons. The second-order valence-electron chi connectivity index (χ2n) is 6.69.